The second kappa shape index (κ2) is 8.06. The summed E-state index contributed by atoms with van der Waals surface area (Å²) in [4.78, 5) is 28.5. The summed E-state index contributed by atoms with van der Waals surface area (Å²) in [5, 5.41) is 9.84. The number of piperidine rings is 1. The molecule has 0 unspecified atom stereocenters. The minimum Gasteiger partial charge on any atom is -0.358 e. The number of hydrogen-bond donors (Lipinski definition) is 2. The third-order valence-corrected chi connectivity index (χ3v) is 5.75. The first-order chi connectivity index (χ1) is 14.0. The Morgan fingerprint density at radius 1 is 1.34 bits per heavy atom. The Morgan fingerprint density at radius 3 is 2.86 bits per heavy atom. The summed E-state index contributed by atoms with van der Waals surface area (Å²) in [5.41, 5.74) is 0.438. The van der Waals surface area contributed by atoms with E-state index in [4.69, 9.17) is 16.1 Å². The van der Waals surface area contributed by atoms with E-state index < -0.39 is 5.82 Å². The topological polar surface area (TPSA) is 90.7 Å². The van der Waals surface area contributed by atoms with Gasteiger partial charge in [0.25, 0.3) is 0 Å². The number of fused-ring (bicyclic) bond motifs is 1. The number of amides is 4. The van der Waals surface area contributed by atoms with E-state index in [0.29, 0.717) is 29.8 Å². The molecule has 0 bridgehead atoms. The van der Waals surface area contributed by atoms with Crippen LogP contribution in [0.2, 0.25) is 5.02 Å². The lowest BCUT2D eigenvalue weighted by Gasteiger charge is -2.39. The summed E-state index contributed by atoms with van der Waals surface area (Å²) >= 11 is 5.77. The number of rotatable bonds is 4. The van der Waals surface area contributed by atoms with Crippen LogP contribution >= 0.6 is 11.6 Å². The summed E-state index contributed by atoms with van der Waals surface area (Å²) in [6, 6.07) is 2.47. The van der Waals surface area contributed by atoms with Gasteiger partial charge in [0.15, 0.2) is 5.76 Å². The fourth-order valence-corrected chi connectivity index (χ4v) is 4.03. The summed E-state index contributed by atoms with van der Waals surface area (Å²) in [5.74, 6) is -0.193. The lowest BCUT2D eigenvalue weighted by atomic mass is 10.0. The van der Waals surface area contributed by atoms with Crippen LogP contribution in [0.3, 0.4) is 0 Å². The van der Waals surface area contributed by atoms with E-state index in [-0.39, 0.29) is 35.7 Å². The molecule has 1 saturated heterocycles. The monoisotopic (exact) mass is 423 g/mol. The van der Waals surface area contributed by atoms with Crippen LogP contribution in [0.5, 0.6) is 0 Å². The van der Waals surface area contributed by atoms with Crippen molar-refractivity contribution < 1.29 is 18.5 Å². The van der Waals surface area contributed by atoms with Gasteiger partial charge in [0.1, 0.15) is 11.3 Å². The molecule has 8 nitrogen and oxygen atoms in total. The van der Waals surface area contributed by atoms with E-state index in [1.807, 2.05) is 4.90 Å². The molecule has 1 aliphatic heterocycles. The molecule has 1 aliphatic carbocycles. The van der Waals surface area contributed by atoms with Gasteiger partial charge in [-0.1, -0.05) is 16.8 Å². The maximum Gasteiger partial charge on any atom is 0.318 e. The first kappa shape index (κ1) is 19.8. The molecule has 2 N–H and O–H groups in total. The number of halogens is 2. The Hall–Kier alpha value is -2.55. The number of urea groups is 2. The quantitative estimate of drug-likeness (QED) is 0.790. The zero-order valence-electron chi connectivity index (χ0n) is 16.1. The van der Waals surface area contributed by atoms with Gasteiger partial charge >= 0.3 is 12.1 Å². The second-order valence-corrected chi connectivity index (χ2v) is 7.89. The first-order valence-electron chi connectivity index (χ1n) is 9.74. The average Bonchev–Trinajstić information content (AvgIpc) is 3.48. The van der Waals surface area contributed by atoms with Crippen LogP contribution in [-0.2, 0) is 6.54 Å². The van der Waals surface area contributed by atoms with Crippen LogP contribution in [0.1, 0.15) is 31.4 Å². The van der Waals surface area contributed by atoms with Gasteiger partial charge in [-0.25, -0.2) is 14.0 Å². The minimum atomic E-state index is -0.564. The Bertz CT molecular complexity index is 932. The van der Waals surface area contributed by atoms with Crippen molar-refractivity contribution in [1.82, 2.24) is 25.6 Å². The largest absolute Gasteiger partial charge is 0.358 e. The molecular weight excluding hydrogens is 401 g/mol. The fourth-order valence-electron chi connectivity index (χ4n) is 3.87. The molecule has 2 aromatic rings. The van der Waals surface area contributed by atoms with Crippen LogP contribution in [0.4, 0.5) is 14.0 Å². The van der Waals surface area contributed by atoms with Crippen molar-refractivity contribution in [2.45, 2.75) is 44.3 Å². The Labute approximate surface area is 172 Å². The van der Waals surface area contributed by atoms with Crippen molar-refractivity contribution in [3.8, 4) is 0 Å². The van der Waals surface area contributed by atoms with Gasteiger partial charge in [-0.15, -0.1) is 0 Å². The Kier molecular flexibility index (Phi) is 5.49. The van der Waals surface area contributed by atoms with E-state index in [2.05, 4.69) is 15.8 Å². The van der Waals surface area contributed by atoms with E-state index in [1.54, 1.807) is 11.9 Å². The van der Waals surface area contributed by atoms with Crippen molar-refractivity contribution in [3.63, 3.8) is 0 Å². The van der Waals surface area contributed by atoms with E-state index in [1.165, 1.54) is 12.1 Å². The predicted molar refractivity (Wildman–Crippen MR) is 105 cm³/mol. The zero-order valence-corrected chi connectivity index (χ0v) is 16.8. The molecule has 1 atom stereocenters. The predicted octanol–water partition coefficient (Wildman–Crippen LogP) is 3.10. The number of benzene rings is 1. The molecule has 1 aromatic heterocycles. The Morgan fingerprint density at radius 2 is 2.14 bits per heavy atom. The van der Waals surface area contributed by atoms with E-state index in [9.17, 15) is 14.0 Å². The lowest BCUT2D eigenvalue weighted by Crippen LogP contribution is -2.56. The maximum absolute atomic E-state index is 13.8. The van der Waals surface area contributed by atoms with Crippen molar-refractivity contribution in [2.24, 2.45) is 0 Å². The van der Waals surface area contributed by atoms with Gasteiger partial charge in [-0.2, -0.15) is 0 Å². The number of hydrogen-bond acceptors (Lipinski definition) is 4. The maximum atomic E-state index is 13.8. The summed E-state index contributed by atoms with van der Waals surface area (Å²) in [7, 11) is 1.61. The van der Waals surface area contributed by atoms with Crippen molar-refractivity contribution in [1.29, 1.82) is 0 Å². The minimum absolute atomic E-state index is 0.0285. The smallest absolute Gasteiger partial charge is 0.318 e. The molecule has 2 fully saturated rings. The van der Waals surface area contributed by atoms with Crippen molar-refractivity contribution >= 4 is 34.6 Å². The normalized spacial score (nSPS) is 19.3. The average molecular weight is 424 g/mol. The molecular formula is C19H23ClFN5O3. The molecule has 4 rings (SSSR count). The third kappa shape index (κ3) is 4.10. The van der Waals surface area contributed by atoms with Gasteiger partial charge in [-0.3, -0.25) is 0 Å². The number of carbonyl (C=O) groups is 2. The SMILES string of the molecule is CNC(=O)N1CCC[C@@H](N(C(=O)NCc2onc3cc(Cl)c(F)cc23)C2CC2)C1. The number of nitrogens with one attached hydrogen (secondary N) is 2. The zero-order chi connectivity index (χ0) is 20.5. The molecule has 29 heavy (non-hydrogen) atoms. The molecule has 0 radical (unpaired) electrons. The van der Waals surface area contributed by atoms with E-state index >= 15 is 0 Å². The highest BCUT2D eigenvalue weighted by molar-refractivity contribution is 6.31. The molecule has 2 aliphatic rings. The van der Waals surface area contributed by atoms with Crippen LogP contribution in [-0.4, -0.2) is 59.2 Å². The highest BCUT2D eigenvalue weighted by Crippen LogP contribution is 2.32. The molecule has 1 saturated carbocycles. The van der Waals surface area contributed by atoms with Gasteiger partial charge < -0.3 is 25.0 Å². The van der Waals surface area contributed by atoms with Gasteiger partial charge in [0, 0.05) is 31.6 Å². The number of aromatic nitrogens is 1. The summed E-state index contributed by atoms with van der Waals surface area (Å²) < 4.78 is 19.1. The van der Waals surface area contributed by atoms with Crippen LogP contribution in [0, 0.1) is 5.82 Å². The van der Waals surface area contributed by atoms with Crippen molar-refractivity contribution in [2.75, 3.05) is 20.1 Å². The lowest BCUT2D eigenvalue weighted by molar-refractivity contribution is 0.115. The standard InChI is InChI=1S/C19H23ClFN5O3/c1-22-18(27)25-6-2-3-12(10-25)26(11-4-5-11)19(28)23-9-17-13-7-15(21)14(20)8-16(13)24-29-17/h7-8,11-12H,2-6,9-10H2,1H3,(H,22,27)(H,23,28)/t12-/m1/s1. The van der Waals surface area contributed by atoms with Gasteiger partial charge in [-0.05, 0) is 37.8 Å². The fraction of sp³-hybridized carbons (Fsp3) is 0.526. The Balaban J connectivity index is 1.45. The molecule has 2 heterocycles. The molecule has 10 heteroatoms. The molecule has 156 valence electrons. The van der Waals surface area contributed by atoms with Gasteiger partial charge in [0.2, 0.25) is 0 Å². The van der Waals surface area contributed by atoms with E-state index in [0.717, 1.165) is 25.7 Å². The summed E-state index contributed by atoms with van der Waals surface area (Å²) in [6.45, 7) is 1.29. The second-order valence-electron chi connectivity index (χ2n) is 7.48. The highest BCUT2D eigenvalue weighted by Gasteiger charge is 2.39. The van der Waals surface area contributed by atoms with Crippen LogP contribution in [0.15, 0.2) is 16.7 Å². The molecule has 4 amide bonds. The number of likely N-dealkylation sites (tertiary alicyclic amines) is 1. The molecule has 1 aromatic carbocycles. The number of carbonyl (C=O) groups excluding carboxylic acids is 2. The van der Waals surface area contributed by atoms with Crippen molar-refractivity contribution in [3.05, 3.63) is 28.7 Å². The number of nitrogens with zero attached hydrogens (tertiary/aromatic N) is 3. The highest BCUT2D eigenvalue weighted by atomic mass is 35.5. The first-order valence-corrected chi connectivity index (χ1v) is 10.1. The van der Waals surface area contributed by atoms with Gasteiger partial charge in [0.05, 0.1) is 17.6 Å². The van der Waals surface area contributed by atoms with Crippen LogP contribution in [0.25, 0.3) is 10.9 Å². The summed E-state index contributed by atoms with van der Waals surface area (Å²) in [6.07, 6.45) is 3.62. The van der Waals surface area contributed by atoms with Crippen LogP contribution < -0.4 is 10.6 Å². The third-order valence-electron chi connectivity index (χ3n) is 5.46. The molecule has 0 spiro atoms.